The Morgan fingerprint density at radius 3 is 2.52 bits per heavy atom. The zero-order valence-electron chi connectivity index (χ0n) is 19.0. The van der Waals surface area contributed by atoms with Crippen LogP contribution in [0.4, 0.5) is 5.82 Å². The number of fused-ring (bicyclic) bond motifs is 1. The number of ether oxygens (including phenoxy) is 2. The Bertz CT molecular complexity index is 1300. The number of nitrogens with one attached hydrogen (secondary N) is 1. The topological polar surface area (TPSA) is 94.6 Å². The molecule has 0 atom stereocenters. The van der Waals surface area contributed by atoms with E-state index in [1.54, 1.807) is 43.5 Å². The molecule has 4 rings (SSSR count). The van der Waals surface area contributed by atoms with E-state index in [0.717, 1.165) is 11.1 Å². The van der Waals surface area contributed by atoms with E-state index < -0.39 is 15.4 Å². The number of anilines is 1. The number of sulfone groups is 1. The number of aromatic nitrogens is 1. The van der Waals surface area contributed by atoms with Crippen LogP contribution in [-0.2, 0) is 16.3 Å². The van der Waals surface area contributed by atoms with Crippen molar-refractivity contribution in [2.75, 3.05) is 11.1 Å². The van der Waals surface area contributed by atoms with Gasteiger partial charge >= 0.3 is 0 Å². The summed E-state index contributed by atoms with van der Waals surface area (Å²) in [5, 5.41) is 2.79. The summed E-state index contributed by atoms with van der Waals surface area (Å²) in [4.78, 5) is 17.4. The normalized spacial score (nSPS) is 14.3. The Labute approximate surface area is 193 Å². The van der Waals surface area contributed by atoms with E-state index in [2.05, 4.69) is 10.3 Å². The lowest BCUT2D eigenvalue weighted by molar-refractivity contribution is 0.102. The quantitative estimate of drug-likeness (QED) is 0.553. The molecule has 0 radical (unpaired) electrons. The first-order chi connectivity index (χ1) is 15.6. The minimum Gasteiger partial charge on any atom is -0.487 e. The molecule has 2 heterocycles. The van der Waals surface area contributed by atoms with Gasteiger partial charge in [0.05, 0.1) is 10.6 Å². The third-order valence-corrected chi connectivity index (χ3v) is 7.11. The molecule has 0 aliphatic carbocycles. The Morgan fingerprint density at radius 1 is 1.15 bits per heavy atom. The molecule has 0 saturated heterocycles. The van der Waals surface area contributed by atoms with E-state index in [1.807, 2.05) is 26.8 Å². The van der Waals surface area contributed by atoms with Gasteiger partial charge in [-0.05, 0) is 68.8 Å². The van der Waals surface area contributed by atoms with E-state index >= 15 is 0 Å². The maximum Gasteiger partial charge on any atom is 0.257 e. The number of carbonyl (C=O) groups excluding carboxylic acids is 1. The van der Waals surface area contributed by atoms with Crippen molar-refractivity contribution in [3.05, 3.63) is 71.4 Å². The lowest BCUT2D eigenvalue weighted by Gasteiger charge is -2.16. The van der Waals surface area contributed by atoms with Crippen LogP contribution >= 0.6 is 0 Å². The first-order valence-corrected chi connectivity index (χ1v) is 12.3. The van der Waals surface area contributed by atoms with Gasteiger partial charge in [-0.1, -0.05) is 13.0 Å². The molecule has 8 heteroatoms. The number of pyridine rings is 1. The third kappa shape index (κ3) is 5.01. The summed E-state index contributed by atoms with van der Waals surface area (Å²) in [6.07, 6.45) is 2.29. The molecule has 1 N–H and O–H groups in total. The molecule has 0 bridgehead atoms. The molecule has 2 aromatic carbocycles. The van der Waals surface area contributed by atoms with Crippen molar-refractivity contribution in [2.45, 2.75) is 44.6 Å². The van der Waals surface area contributed by atoms with E-state index in [9.17, 15) is 13.2 Å². The van der Waals surface area contributed by atoms with Gasteiger partial charge < -0.3 is 14.8 Å². The van der Waals surface area contributed by atoms with Crippen molar-refractivity contribution >= 4 is 21.6 Å². The molecule has 0 unspecified atom stereocenters. The SMILES string of the molecule is CCS(=O)(=O)c1ccc(Oc2cc(C(=O)Nc3ccc(C)cn3)cc3c2CC(C)(C)O3)cc1. The molecule has 0 saturated carbocycles. The van der Waals surface area contributed by atoms with Crippen LogP contribution in [0.15, 0.2) is 59.6 Å². The van der Waals surface area contributed by atoms with Gasteiger partial charge in [-0.25, -0.2) is 13.4 Å². The highest BCUT2D eigenvalue weighted by atomic mass is 32.2. The van der Waals surface area contributed by atoms with E-state index in [-0.39, 0.29) is 16.6 Å². The van der Waals surface area contributed by atoms with Crippen LogP contribution in [0.2, 0.25) is 0 Å². The van der Waals surface area contributed by atoms with Crippen molar-refractivity contribution in [1.29, 1.82) is 0 Å². The summed E-state index contributed by atoms with van der Waals surface area (Å²) >= 11 is 0. The molecule has 0 spiro atoms. The number of aryl methyl sites for hydroxylation is 1. The van der Waals surface area contributed by atoms with Gasteiger partial charge in [0.1, 0.15) is 28.7 Å². The maximum atomic E-state index is 12.9. The van der Waals surface area contributed by atoms with Crippen molar-refractivity contribution in [1.82, 2.24) is 4.98 Å². The summed E-state index contributed by atoms with van der Waals surface area (Å²) in [5.41, 5.74) is 1.78. The number of nitrogens with zero attached hydrogens (tertiary/aromatic N) is 1. The zero-order chi connectivity index (χ0) is 23.8. The molecule has 1 amide bonds. The lowest BCUT2D eigenvalue weighted by atomic mass is 9.99. The molecule has 3 aromatic rings. The number of carbonyl (C=O) groups is 1. The predicted octanol–water partition coefficient (Wildman–Crippen LogP) is 4.94. The van der Waals surface area contributed by atoms with Crippen LogP contribution in [0.5, 0.6) is 17.2 Å². The van der Waals surface area contributed by atoms with Crippen LogP contribution in [0.1, 0.15) is 42.3 Å². The van der Waals surface area contributed by atoms with E-state index in [0.29, 0.717) is 35.1 Å². The monoisotopic (exact) mass is 466 g/mol. The number of amides is 1. The molecular formula is C25H26N2O5S. The minimum atomic E-state index is -3.30. The highest BCUT2D eigenvalue weighted by Crippen LogP contribution is 2.43. The Balaban J connectivity index is 1.65. The maximum absolute atomic E-state index is 12.9. The molecule has 1 aliphatic rings. The fourth-order valence-electron chi connectivity index (χ4n) is 3.61. The molecule has 1 aliphatic heterocycles. The first-order valence-electron chi connectivity index (χ1n) is 10.7. The predicted molar refractivity (Wildman–Crippen MR) is 126 cm³/mol. The van der Waals surface area contributed by atoms with Gasteiger partial charge in [-0.15, -0.1) is 0 Å². The van der Waals surface area contributed by atoms with E-state index in [4.69, 9.17) is 9.47 Å². The minimum absolute atomic E-state index is 0.0279. The van der Waals surface area contributed by atoms with Gasteiger partial charge in [0.15, 0.2) is 9.84 Å². The van der Waals surface area contributed by atoms with Crippen LogP contribution in [0.25, 0.3) is 0 Å². The van der Waals surface area contributed by atoms with Gasteiger partial charge in [0.25, 0.3) is 5.91 Å². The first kappa shape index (κ1) is 22.8. The lowest BCUT2D eigenvalue weighted by Crippen LogP contribution is -2.24. The van der Waals surface area contributed by atoms with Crippen LogP contribution in [0.3, 0.4) is 0 Å². The fraction of sp³-hybridized carbons (Fsp3) is 0.280. The summed E-state index contributed by atoms with van der Waals surface area (Å²) < 4.78 is 36.3. The van der Waals surface area contributed by atoms with Crippen molar-refractivity contribution < 1.29 is 22.7 Å². The van der Waals surface area contributed by atoms with Crippen molar-refractivity contribution in [2.24, 2.45) is 0 Å². The van der Waals surface area contributed by atoms with Crippen molar-refractivity contribution in [3.8, 4) is 17.2 Å². The van der Waals surface area contributed by atoms with Crippen molar-refractivity contribution in [3.63, 3.8) is 0 Å². The van der Waals surface area contributed by atoms with Gasteiger partial charge in [0, 0.05) is 23.7 Å². The summed E-state index contributed by atoms with van der Waals surface area (Å²) in [7, 11) is -3.30. The highest BCUT2D eigenvalue weighted by molar-refractivity contribution is 7.91. The number of hydrogen-bond donors (Lipinski definition) is 1. The molecular weight excluding hydrogens is 440 g/mol. The molecule has 7 nitrogen and oxygen atoms in total. The third-order valence-electron chi connectivity index (χ3n) is 5.36. The number of benzene rings is 2. The second kappa shape index (κ2) is 8.51. The zero-order valence-corrected chi connectivity index (χ0v) is 19.8. The Hall–Kier alpha value is -3.39. The summed E-state index contributed by atoms with van der Waals surface area (Å²) in [6.45, 7) is 7.47. The second-order valence-corrected chi connectivity index (χ2v) is 10.9. The highest BCUT2D eigenvalue weighted by Gasteiger charge is 2.34. The number of rotatable bonds is 6. The largest absolute Gasteiger partial charge is 0.487 e. The molecule has 1 aromatic heterocycles. The fourth-order valence-corrected chi connectivity index (χ4v) is 4.49. The average Bonchev–Trinajstić information content (AvgIpc) is 3.10. The van der Waals surface area contributed by atoms with Crippen LogP contribution in [0, 0.1) is 6.92 Å². The van der Waals surface area contributed by atoms with E-state index in [1.165, 1.54) is 12.1 Å². The van der Waals surface area contributed by atoms with Gasteiger partial charge in [-0.2, -0.15) is 0 Å². The van der Waals surface area contributed by atoms with Crippen LogP contribution < -0.4 is 14.8 Å². The van der Waals surface area contributed by atoms with Gasteiger partial charge in [0.2, 0.25) is 0 Å². The second-order valence-electron chi connectivity index (χ2n) is 8.64. The average molecular weight is 467 g/mol. The Morgan fingerprint density at radius 2 is 1.88 bits per heavy atom. The Kier molecular flexibility index (Phi) is 5.88. The standard InChI is InChI=1S/C25H26N2O5S/c1-5-33(29,30)19-9-7-18(8-10-19)31-21-12-17(13-22-20(21)14-25(3,4)32-22)24(28)27-23-11-6-16(2)15-26-23/h6-13,15H,5,14H2,1-4H3,(H,26,27,28). The summed E-state index contributed by atoms with van der Waals surface area (Å²) in [6, 6.07) is 13.2. The molecule has 0 fully saturated rings. The molecule has 172 valence electrons. The smallest absolute Gasteiger partial charge is 0.257 e. The van der Waals surface area contributed by atoms with Gasteiger partial charge in [-0.3, -0.25) is 4.79 Å². The van der Waals surface area contributed by atoms with Crippen LogP contribution in [-0.4, -0.2) is 30.7 Å². The molecule has 33 heavy (non-hydrogen) atoms. The number of hydrogen-bond acceptors (Lipinski definition) is 6. The summed E-state index contributed by atoms with van der Waals surface area (Å²) in [5.74, 6) is 1.69.